The maximum absolute atomic E-state index is 12.4. The van der Waals surface area contributed by atoms with Gasteiger partial charge in [-0.25, -0.2) is 0 Å². The van der Waals surface area contributed by atoms with Gasteiger partial charge >= 0.3 is 6.36 Å². The summed E-state index contributed by atoms with van der Waals surface area (Å²) in [6.07, 6.45) is -2.35. The Labute approximate surface area is 175 Å². The molecule has 1 N–H and O–H groups in total. The van der Waals surface area contributed by atoms with Crippen LogP contribution < -0.4 is 4.74 Å². The van der Waals surface area contributed by atoms with Gasteiger partial charge in [0, 0.05) is 29.9 Å². The number of hydrogen-bond acceptors (Lipinski definition) is 5. The fraction of sp³-hybridized carbons (Fsp3) is 0.130. The molecule has 4 aromatic rings. The van der Waals surface area contributed by atoms with E-state index in [9.17, 15) is 18.3 Å². The molecule has 0 spiro atoms. The Morgan fingerprint density at radius 3 is 2.35 bits per heavy atom. The van der Waals surface area contributed by atoms with E-state index in [0.29, 0.717) is 34.6 Å². The third kappa shape index (κ3) is 4.92. The van der Waals surface area contributed by atoms with Gasteiger partial charge in [0.2, 0.25) is 0 Å². The number of halogens is 3. The van der Waals surface area contributed by atoms with Crippen molar-refractivity contribution in [1.29, 1.82) is 0 Å². The molecule has 4 rings (SSSR count). The highest BCUT2D eigenvalue weighted by Gasteiger charge is 2.31. The summed E-state index contributed by atoms with van der Waals surface area (Å²) < 4.78 is 46.8. The number of hydrogen-bond donors (Lipinski definition) is 1. The lowest BCUT2D eigenvalue weighted by atomic mass is 9.95. The number of aliphatic hydroxyl groups is 1. The first-order valence-corrected chi connectivity index (χ1v) is 9.37. The summed E-state index contributed by atoms with van der Waals surface area (Å²) in [4.78, 5) is 4.04. The molecule has 31 heavy (non-hydrogen) atoms. The quantitative estimate of drug-likeness (QED) is 0.453. The molecule has 0 aliphatic carbocycles. The number of ether oxygens (including phenoxy) is 1. The second-order valence-corrected chi connectivity index (χ2v) is 6.79. The van der Waals surface area contributed by atoms with Crippen LogP contribution in [-0.4, -0.2) is 21.6 Å². The van der Waals surface area contributed by atoms with Crippen molar-refractivity contribution in [2.24, 2.45) is 0 Å². The zero-order valence-corrected chi connectivity index (χ0v) is 16.1. The van der Waals surface area contributed by atoms with Crippen molar-refractivity contribution in [2.45, 2.75) is 18.9 Å². The van der Waals surface area contributed by atoms with Crippen molar-refractivity contribution in [2.75, 3.05) is 0 Å². The average molecular weight is 426 g/mol. The number of aliphatic hydroxyl groups excluding tert-OH is 1. The van der Waals surface area contributed by atoms with E-state index in [-0.39, 0.29) is 5.75 Å². The van der Waals surface area contributed by atoms with Crippen LogP contribution in [0, 0.1) is 0 Å². The fourth-order valence-electron chi connectivity index (χ4n) is 3.25. The minimum Gasteiger partial charge on any atom is -0.406 e. The first kappa shape index (κ1) is 20.6. The summed E-state index contributed by atoms with van der Waals surface area (Å²) in [6.45, 7) is 0. The van der Waals surface area contributed by atoms with Crippen LogP contribution in [0.1, 0.15) is 28.6 Å². The smallest absolute Gasteiger partial charge is 0.406 e. The van der Waals surface area contributed by atoms with Gasteiger partial charge in [0.15, 0.2) is 0 Å². The van der Waals surface area contributed by atoms with Crippen LogP contribution in [0.25, 0.3) is 11.3 Å². The molecular formula is C23H17F3N2O3. The maximum Gasteiger partial charge on any atom is 0.573 e. The van der Waals surface area contributed by atoms with Gasteiger partial charge in [-0.15, -0.1) is 13.2 Å². The summed E-state index contributed by atoms with van der Waals surface area (Å²) in [7, 11) is 0. The normalized spacial score (nSPS) is 12.5. The van der Waals surface area contributed by atoms with E-state index in [1.807, 2.05) is 30.3 Å². The summed E-state index contributed by atoms with van der Waals surface area (Å²) in [5.74, 6) is 0.104. The predicted molar refractivity (Wildman–Crippen MR) is 106 cm³/mol. The van der Waals surface area contributed by atoms with E-state index >= 15 is 0 Å². The first-order chi connectivity index (χ1) is 14.9. The maximum atomic E-state index is 12.4. The molecule has 5 nitrogen and oxygen atoms in total. The van der Waals surface area contributed by atoms with Gasteiger partial charge in [0.25, 0.3) is 0 Å². The highest BCUT2D eigenvalue weighted by atomic mass is 19.4. The Bertz CT molecular complexity index is 1130. The van der Waals surface area contributed by atoms with Crippen LogP contribution in [0.15, 0.2) is 83.6 Å². The lowest BCUT2D eigenvalue weighted by Gasteiger charge is -2.13. The number of rotatable bonds is 6. The predicted octanol–water partition coefficient (Wildman–Crippen LogP) is 5.31. The van der Waals surface area contributed by atoms with E-state index in [4.69, 9.17) is 4.52 Å². The zero-order chi connectivity index (χ0) is 21.8. The van der Waals surface area contributed by atoms with Gasteiger partial charge in [-0.1, -0.05) is 41.6 Å². The molecule has 0 radical (unpaired) electrons. The van der Waals surface area contributed by atoms with E-state index in [1.54, 1.807) is 18.3 Å². The third-order valence-corrected chi connectivity index (χ3v) is 4.65. The molecule has 8 heteroatoms. The Balaban J connectivity index is 1.73. The van der Waals surface area contributed by atoms with Crippen molar-refractivity contribution < 1.29 is 27.5 Å². The standard InChI is InChI=1S/C23H17F3N2O3/c24-23(25,26)30-18-10-8-16(9-11-18)21-20(22(29)17-7-4-12-27-14-17)19(31-28-21)13-15-5-2-1-3-6-15/h1-12,14,22,29H,13H2. The number of aromatic nitrogens is 2. The van der Waals surface area contributed by atoms with Gasteiger partial charge < -0.3 is 14.4 Å². The molecule has 0 aliphatic rings. The highest BCUT2D eigenvalue weighted by Crippen LogP contribution is 2.36. The summed E-state index contributed by atoms with van der Waals surface area (Å²) in [6, 6.07) is 18.2. The minimum atomic E-state index is -4.78. The van der Waals surface area contributed by atoms with Crippen molar-refractivity contribution in [3.63, 3.8) is 0 Å². The molecule has 0 fully saturated rings. The van der Waals surface area contributed by atoms with Crippen molar-refractivity contribution in [3.8, 4) is 17.0 Å². The van der Waals surface area contributed by atoms with Gasteiger partial charge in [0.05, 0.1) is 5.56 Å². The number of alkyl halides is 3. The molecule has 158 valence electrons. The third-order valence-electron chi connectivity index (χ3n) is 4.65. The Morgan fingerprint density at radius 2 is 1.71 bits per heavy atom. The zero-order valence-electron chi connectivity index (χ0n) is 16.1. The number of nitrogens with zero attached hydrogens (tertiary/aromatic N) is 2. The molecule has 2 aromatic heterocycles. The Hall–Kier alpha value is -3.65. The minimum absolute atomic E-state index is 0.334. The lowest BCUT2D eigenvalue weighted by Crippen LogP contribution is -2.16. The topological polar surface area (TPSA) is 68.4 Å². The monoisotopic (exact) mass is 426 g/mol. The molecule has 0 bridgehead atoms. The second-order valence-electron chi connectivity index (χ2n) is 6.79. The SMILES string of the molecule is OC(c1cccnc1)c1c(-c2ccc(OC(F)(F)F)cc2)noc1Cc1ccccc1. The number of benzene rings is 2. The molecule has 0 aliphatic heterocycles. The van der Waals surface area contributed by atoms with Gasteiger partial charge in [-0.3, -0.25) is 4.98 Å². The molecule has 2 aromatic carbocycles. The van der Waals surface area contributed by atoms with E-state index in [0.717, 1.165) is 5.56 Å². The summed E-state index contributed by atoms with van der Waals surface area (Å²) in [5, 5.41) is 15.2. The van der Waals surface area contributed by atoms with Crippen LogP contribution in [0.3, 0.4) is 0 Å². The lowest BCUT2D eigenvalue weighted by molar-refractivity contribution is -0.274. The van der Waals surface area contributed by atoms with Crippen molar-refractivity contribution in [3.05, 3.63) is 102 Å². The van der Waals surface area contributed by atoms with E-state index in [2.05, 4.69) is 14.9 Å². The van der Waals surface area contributed by atoms with Crippen LogP contribution >= 0.6 is 0 Å². The fourth-order valence-corrected chi connectivity index (χ4v) is 3.25. The largest absolute Gasteiger partial charge is 0.573 e. The van der Waals surface area contributed by atoms with Crippen molar-refractivity contribution in [1.82, 2.24) is 10.1 Å². The highest BCUT2D eigenvalue weighted by molar-refractivity contribution is 5.66. The van der Waals surface area contributed by atoms with Gasteiger partial charge in [-0.2, -0.15) is 0 Å². The molecule has 0 amide bonds. The molecular weight excluding hydrogens is 409 g/mol. The second kappa shape index (κ2) is 8.61. The van der Waals surface area contributed by atoms with Crippen LogP contribution in [0.5, 0.6) is 5.75 Å². The Morgan fingerprint density at radius 1 is 0.968 bits per heavy atom. The molecule has 2 heterocycles. The van der Waals surface area contributed by atoms with Gasteiger partial charge in [0.1, 0.15) is 23.3 Å². The number of pyridine rings is 1. The van der Waals surface area contributed by atoms with Crippen molar-refractivity contribution >= 4 is 0 Å². The van der Waals surface area contributed by atoms with Gasteiger partial charge in [-0.05, 0) is 35.9 Å². The summed E-state index contributed by atoms with van der Waals surface area (Å²) >= 11 is 0. The summed E-state index contributed by atoms with van der Waals surface area (Å²) in [5.41, 5.74) is 2.75. The average Bonchev–Trinajstić information content (AvgIpc) is 3.17. The molecule has 0 saturated heterocycles. The molecule has 1 unspecified atom stereocenters. The first-order valence-electron chi connectivity index (χ1n) is 9.37. The molecule has 1 atom stereocenters. The van der Waals surface area contributed by atoms with E-state index < -0.39 is 12.5 Å². The van der Waals surface area contributed by atoms with Crippen LogP contribution in [0.2, 0.25) is 0 Å². The van der Waals surface area contributed by atoms with Crippen LogP contribution in [-0.2, 0) is 6.42 Å². The Kier molecular flexibility index (Phi) is 5.73. The van der Waals surface area contributed by atoms with Crippen LogP contribution in [0.4, 0.5) is 13.2 Å². The molecule has 0 saturated carbocycles. The van der Waals surface area contributed by atoms with E-state index in [1.165, 1.54) is 30.5 Å².